The molecule has 0 saturated carbocycles. The van der Waals surface area contributed by atoms with Gasteiger partial charge in [-0.1, -0.05) is 0 Å². The number of hydrogen-bond acceptors (Lipinski definition) is 40. The van der Waals surface area contributed by atoms with E-state index in [1.54, 1.807) is 0 Å². The number of nitrogens with two attached hydrogens (primary N) is 5. The maximum atomic E-state index is 14.1. The van der Waals surface area contributed by atoms with Crippen molar-refractivity contribution in [2.24, 2.45) is 28.7 Å². The van der Waals surface area contributed by atoms with Crippen LogP contribution in [0.2, 0.25) is 0 Å². The maximum absolute atomic E-state index is 14.1. The summed E-state index contributed by atoms with van der Waals surface area (Å²) in [5, 5.41) is 153. The van der Waals surface area contributed by atoms with E-state index < -0.39 is 390 Å². The minimum atomic E-state index is -1.98. The smallest absolute Gasteiger partial charge is 0.325 e. The zero-order valence-corrected chi connectivity index (χ0v) is 80.9. The molecule has 4 aliphatic heterocycles. The van der Waals surface area contributed by atoms with Crippen LogP contribution >= 0.6 is 0 Å². The zero-order chi connectivity index (χ0) is 109. The van der Waals surface area contributed by atoms with Crippen LogP contribution in [0, 0.1) is 0 Å². The van der Waals surface area contributed by atoms with Gasteiger partial charge >= 0.3 is 5.97 Å². The lowest BCUT2D eigenvalue weighted by molar-refractivity contribution is -0.333. The first-order valence-corrected chi connectivity index (χ1v) is 46.0. The van der Waals surface area contributed by atoms with Crippen LogP contribution in [0.25, 0.3) is 0 Å². The lowest BCUT2D eigenvalue weighted by Crippen LogP contribution is -2.70. The molecule has 4 saturated heterocycles. The molecule has 4 rings (SSSR count). The van der Waals surface area contributed by atoms with Gasteiger partial charge in [0.05, 0.1) is 45.3 Å². The molecule has 4 heterocycles. The number of nitrogens with one attached hydrogen (secondary N) is 16. The molecule has 4 fully saturated rings. The standard InChI is InChI=1S/C83H139N21O40/c1-30(71(125)95-34(5)79(133)134)93-77(131)44(100-51(113)20-18-42(68(86)122)102-72(126)31(2)91-75(129)35(6)137-65-57(98-39(10)111)80(135)139-49(28-107)63(65)143-82-55(96-37(8)109)61(119)59(117)47(26-105)141-82)17-13-15-23-90-54(116)25-46(70(88)124)104-74(128)33(4)94-78(132)45(16-12-14-22-89-53(115)24-41(84)67(85)121)101-52(114)21-19-43(69(87)123)103-73(127)32(3)92-76(130)36(7)138-66-58(99-40(11)112)81(136)140-50(29-108)64(66)144-83-56(97-38(9)110)62(120)60(118)48(27-106)142-83/h30-36,41-50,55-66,80-83,105-108,117-120,135-136H,12-29,84H2,1-11H3,(H2,85,121)(H2,86,122)(H2,87,123)(H2,88,124)(H,89,115)(H,90,116)(H,91,129)(H,92,130)(H,93,131)(H,94,132)(H,95,125)(H,96,109)(H,97,110)(H,98,111)(H,99,112)(H,100,113)(H,101,114)(H,102,126)(H,103,127)(H,104,128)(H,133,134). The van der Waals surface area contributed by atoms with Gasteiger partial charge in [0.15, 0.2) is 25.2 Å². The van der Waals surface area contributed by atoms with E-state index in [1.807, 2.05) is 0 Å². The Hall–Kier alpha value is -11.9. The van der Waals surface area contributed by atoms with Gasteiger partial charge in [-0.2, -0.15) is 0 Å². The van der Waals surface area contributed by atoms with Crippen molar-refractivity contribution in [3.63, 3.8) is 0 Å². The van der Waals surface area contributed by atoms with E-state index in [0.717, 1.165) is 69.2 Å². The average Bonchev–Trinajstić information content (AvgIpc) is 0.774. The Labute approximate surface area is 823 Å². The first-order valence-electron chi connectivity index (χ1n) is 46.0. The Morgan fingerprint density at radius 3 is 0.938 bits per heavy atom. The number of aliphatic hydroxyl groups is 10. The molecule has 37 N–H and O–H groups in total. The molecule has 0 spiro atoms. The quantitative estimate of drug-likeness (QED) is 0.0251. The largest absolute Gasteiger partial charge is 0.480 e. The predicted molar refractivity (Wildman–Crippen MR) is 482 cm³/mol. The molecule has 33 atom stereocenters. The van der Waals surface area contributed by atoms with Crippen molar-refractivity contribution in [3.05, 3.63) is 0 Å². The molecule has 816 valence electrons. The Morgan fingerprint density at radius 2 is 0.625 bits per heavy atom. The molecule has 0 bridgehead atoms. The number of amides is 20. The number of carbonyl (C=O) groups is 21. The number of aliphatic carboxylic acids is 1. The SMILES string of the molecule is CC(=O)NC1C(OC2C(CO)OC(O)C(NC(C)=O)C2OC(C)C(=O)NC(C)C(=O)NC(CCC(=O)NC(CCCCNC(=O)CC(NC(=O)C(C)NC(=O)C(CCCCNC(=O)CC(N)C(N)=O)NC(=O)CCC(NC(=O)C(C)NC(=O)C(C)OC2C(NC(C)=O)C(O)OC(CO)C2OC2OC(CO)C(O)C(O)C2NC(C)=O)C(N)=O)C(N)=O)C(=O)NC(C)C(=O)NC(C)C(=O)O)C(N)=O)OC(CO)C(O)C1O. The van der Waals surface area contributed by atoms with Gasteiger partial charge in [-0.3, -0.25) is 101 Å². The first-order chi connectivity index (χ1) is 67.4. The molecule has 144 heavy (non-hydrogen) atoms. The van der Waals surface area contributed by atoms with E-state index in [0.29, 0.717) is 0 Å². The maximum Gasteiger partial charge on any atom is 0.325 e. The number of rotatable bonds is 59. The number of primary amides is 4. The first kappa shape index (κ1) is 124. The van der Waals surface area contributed by atoms with E-state index >= 15 is 0 Å². The molecule has 0 aromatic heterocycles. The topological polar surface area (TPSA) is 977 Å². The molecule has 0 radical (unpaired) electrons. The third kappa shape index (κ3) is 39.6. The normalized spacial score (nSPS) is 26.7. The van der Waals surface area contributed by atoms with Crippen LogP contribution in [-0.2, 0) is 139 Å². The number of carbonyl (C=O) groups excluding carboxylic acids is 20. The summed E-state index contributed by atoms with van der Waals surface area (Å²) in [4.78, 5) is 274. The molecule has 0 aromatic rings. The summed E-state index contributed by atoms with van der Waals surface area (Å²) < 4.78 is 46.7. The molecule has 4 aliphatic rings. The fraction of sp³-hybridized carbons (Fsp3) is 0.747. The molecule has 61 heteroatoms. The highest BCUT2D eigenvalue weighted by Gasteiger charge is 2.56. The van der Waals surface area contributed by atoms with Crippen LogP contribution in [-0.4, -0.2) is 421 Å². The summed E-state index contributed by atoms with van der Waals surface area (Å²) in [6.45, 7) is 8.16. The number of ether oxygens (including phenoxy) is 8. The van der Waals surface area contributed by atoms with Gasteiger partial charge in [0, 0.05) is 53.6 Å². The van der Waals surface area contributed by atoms with E-state index in [9.17, 15) is 157 Å². The molecule has 0 aliphatic carbocycles. The van der Waals surface area contributed by atoms with Crippen LogP contribution in [0.4, 0.5) is 0 Å². The van der Waals surface area contributed by atoms with E-state index in [2.05, 4.69) is 85.1 Å². The van der Waals surface area contributed by atoms with Crippen LogP contribution in [0.15, 0.2) is 0 Å². The monoisotopic (exact) mass is 2070 g/mol. The highest BCUT2D eigenvalue weighted by molar-refractivity contribution is 5.98. The Bertz CT molecular complexity index is 4420. The third-order valence-corrected chi connectivity index (χ3v) is 23.0. The van der Waals surface area contributed by atoms with Gasteiger partial charge in [-0.15, -0.1) is 0 Å². The molecule has 20 amide bonds. The van der Waals surface area contributed by atoms with Gasteiger partial charge in [-0.05, 0) is 99.8 Å². The van der Waals surface area contributed by atoms with Crippen molar-refractivity contribution in [3.8, 4) is 0 Å². The molecule has 0 aromatic carbocycles. The van der Waals surface area contributed by atoms with Crippen molar-refractivity contribution < 1.29 is 195 Å². The summed E-state index contributed by atoms with van der Waals surface area (Å²) in [6.07, 6.45) is -35.6. The third-order valence-electron chi connectivity index (χ3n) is 23.0. The summed E-state index contributed by atoms with van der Waals surface area (Å²) in [5.74, 6) is -21.3. The van der Waals surface area contributed by atoms with Gasteiger partial charge in [0.1, 0.15) is 170 Å². The minimum absolute atomic E-state index is 0.0207. The lowest BCUT2D eigenvalue weighted by atomic mass is 9.94. The highest BCUT2D eigenvalue weighted by Crippen LogP contribution is 2.34. The molecule has 61 nitrogen and oxygen atoms in total. The Morgan fingerprint density at radius 1 is 0.319 bits per heavy atom. The second-order valence-electron chi connectivity index (χ2n) is 34.8. The fourth-order valence-electron chi connectivity index (χ4n) is 14.9. The minimum Gasteiger partial charge on any atom is -0.480 e. The van der Waals surface area contributed by atoms with Gasteiger partial charge in [0.25, 0.3) is 0 Å². The Balaban J connectivity index is 1.42. The van der Waals surface area contributed by atoms with Crippen molar-refractivity contribution in [1.29, 1.82) is 0 Å². The zero-order valence-electron chi connectivity index (χ0n) is 80.9. The number of carboxylic acid groups (broad SMARTS) is 1. The van der Waals surface area contributed by atoms with E-state index in [1.165, 1.54) is 6.92 Å². The second-order valence-corrected chi connectivity index (χ2v) is 34.8. The summed E-state index contributed by atoms with van der Waals surface area (Å²) in [6, 6.07) is -23.6. The van der Waals surface area contributed by atoms with E-state index in [-0.39, 0.29) is 51.6 Å². The second kappa shape index (κ2) is 60.1. The lowest BCUT2D eigenvalue weighted by Gasteiger charge is -2.48. The summed E-state index contributed by atoms with van der Waals surface area (Å²) in [5.41, 5.74) is 27.6. The van der Waals surface area contributed by atoms with Crippen molar-refractivity contribution >= 4 is 124 Å². The number of hydrogen-bond donors (Lipinski definition) is 32. The fourth-order valence-corrected chi connectivity index (χ4v) is 14.9. The number of carboxylic acids is 1. The van der Waals surface area contributed by atoms with Crippen LogP contribution < -0.4 is 114 Å². The van der Waals surface area contributed by atoms with Crippen molar-refractivity contribution in [2.45, 2.75) is 354 Å². The van der Waals surface area contributed by atoms with Crippen LogP contribution in [0.5, 0.6) is 0 Å². The highest BCUT2D eigenvalue weighted by atomic mass is 16.7. The summed E-state index contributed by atoms with van der Waals surface area (Å²) >= 11 is 0. The number of aliphatic hydroxyl groups excluding tert-OH is 10. The van der Waals surface area contributed by atoms with Gasteiger partial charge < -0.3 is 208 Å². The molecular formula is C83H139N21O40. The van der Waals surface area contributed by atoms with Crippen LogP contribution in [0.3, 0.4) is 0 Å². The number of unbranched alkanes of at least 4 members (excludes halogenated alkanes) is 2. The average molecular weight is 2070 g/mol. The summed E-state index contributed by atoms with van der Waals surface area (Å²) in [7, 11) is 0. The van der Waals surface area contributed by atoms with Crippen molar-refractivity contribution in [1.82, 2.24) is 85.1 Å². The Kier molecular flexibility index (Phi) is 52.0. The molecule has 33 unspecified atom stereocenters. The molecular weight excluding hydrogens is 1930 g/mol. The predicted octanol–water partition coefficient (Wildman–Crippen LogP) is -18.2. The van der Waals surface area contributed by atoms with Gasteiger partial charge in [-0.25, -0.2) is 0 Å². The van der Waals surface area contributed by atoms with Crippen molar-refractivity contribution in [2.75, 3.05) is 39.5 Å². The van der Waals surface area contributed by atoms with Gasteiger partial charge in [0.2, 0.25) is 118 Å². The van der Waals surface area contributed by atoms with Crippen LogP contribution in [0.1, 0.15) is 153 Å². The van der Waals surface area contributed by atoms with E-state index in [4.69, 9.17) is 66.6 Å².